The summed E-state index contributed by atoms with van der Waals surface area (Å²) >= 11 is 0. The first-order valence-corrected chi connectivity index (χ1v) is 8.49. The normalized spacial score (nSPS) is 16.5. The number of nitrogens with zero attached hydrogens (tertiary/aromatic N) is 3. The summed E-state index contributed by atoms with van der Waals surface area (Å²) in [6, 6.07) is 0. The van der Waals surface area contributed by atoms with Crippen molar-refractivity contribution >= 4 is 18.3 Å². The van der Waals surface area contributed by atoms with Crippen LogP contribution in [0.3, 0.4) is 0 Å². The highest BCUT2D eigenvalue weighted by Crippen LogP contribution is 2.19. The minimum absolute atomic E-state index is 0. The van der Waals surface area contributed by atoms with Gasteiger partial charge in [0.05, 0.1) is 6.54 Å². The van der Waals surface area contributed by atoms with Crippen LogP contribution in [0.1, 0.15) is 57.3 Å². The number of rotatable bonds is 8. The first kappa shape index (κ1) is 20.9. The highest BCUT2D eigenvalue weighted by atomic mass is 35.5. The largest absolute Gasteiger partial charge is 0.371 e. The molecule has 2 heterocycles. The number of hydrogen-bond donors (Lipinski definition) is 1. The zero-order valence-electron chi connectivity index (χ0n) is 14.8. The van der Waals surface area contributed by atoms with Crippen molar-refractivity contribution in [3.63, 3.8) is 0 Å². The Morgan fingerprint density at radius 2 is 2.17 bits per heavy atom. The van der Waals surface area contributed by atoms with Crippen molar-refractivity contribution in [1.29, 1.82) is 0 Å². The van der Waals surface area contributed by atoms with E-state index in [4.69, 9.17) is 9.26 Å². The third-order valence-electron chi connectivity index (χ3n) is 4.29. The molecule has 0 spiro atoms. The monoisotopic (exact) mass is 360 g/mol. The van der Waals surface area contributed by atoms with Crippen LogP contribution in [0.5, 0.6) is 0 Å². The Morgan fingerprint density at radius 3 is 2.83 bits per heavy atom. The molecule has 1 fully saturated rings. The summed E-state index contributed by atoms with van der Waals surface area (Å²) < 4.78 is 10.6. The Labute approximate surface area is 149 Å². The van der Waals surface area contributed by atoms with Gasteiger partial charge in [-0.15, -0.1) is 12.4 Å². The van der Waals surface area contributed by atoms with Gasteiger partial charge in [0.2, 0.25) is 11.8 Å². The maximum Gasteiger partial charge on any atom is 0.246 e. The first-order valence-electron chi connectivity index (χ1n) is 8.49. The molecular weight excluding hydrogens is 332 g/mol. The Hall–Kier alpha value is -1.18. The molecule has 1 aromatic heterocycles. The quantitative estimate of drug-likeness (QED) is 0.766. The third-order valence-corrected chi connectivity index (χ3v) is 4.29. The molecule has 1 aromatic rings. The van der Waals surface area contributed by atoms with Crippen LogP contribution in [0.25, 0.3) is 0 Å². The predicted molar refractivity (Wildman–Crippen MR) is 92.9 cm³/mol. The number of nitrogens with one attached hydrogen (secondary N) is 1. The molecule has 1 unspecified atom stereocenters. The van der Waals surface area contributed by atoms with E-state index in [1.165, 1.54) is 12.8 Å². The molecule has 1 N–H and O–H groups in total. The molecule has 1 amide bonds. The fraction of sp³-hybridized carbons (Fsp3) is 0.812. The molecule has 0 aliphatic carbocycles. The van der Waals surface area contributed by atoms with Crippen LogP contribution in [0.15, 0.2) is 4.52 Å². The average Bonchev–Trinajstić information content (AvgIpc) is 3.02. The Balaban J connectivity index is 0.00000288. The van der Waals surface area contributed by atoms with E-state index >= 15 is 0 Å². The minimum Gasteiger partial charge on any atom is -0.371 e. The fourth-order valence-electron chi connectivity index (χ4n) is 2.80. The van der Waals surface area contributed by atoms with Crippen molar-refractivity contribution in [2.45, 2.75) is 52.2 Å². The van der Waals surface area contributed by atoms with Gasteiger partial charge >= 0.3 is 0 Å². The van der Waals surface area contributed by atoms with E-state index < -0.39 is 0 Å². The lowest BCUT2D eigenvalue weighted by molar-refractivity contribution is -0.131. The van der Waals surface area contributed by atoms with Crippen LogP contribution in [0.4, 0.5) is 0 Å². The van der Waals surface area contributed by atoms with Crippen LogP contribution < -0.4 is 5.32 Å². The maximum absolute atomic E-state index is 12.2. The van der Waals surface area contributed by atoms with E-state index in [0.29, 0.717) is 37.2 Å². The molecule has 0 radical (unpaired) electrons. The molecule has 1 saturated heterocycles. The summed E-state index contributed by atoms with van der Waals surface area (Å²) in [6.07, 6.45) is 3.68. The van der Waals surface area contributed by atoms with Gasteiger partial charge in [-0.2, -0.15) is 4.98 Å². The van der Waals surface area contributed by atoms with E-state index in [-0.39, 0.29) is 24.4 Å². The molecule has 1 aliphatic rings. The van der Waals surface area contributed by atoms with E-state index in [1.807, 2.05) is 13.8 Å². The number of ether oxygens (including phenoxy) is 1. The highest BCUT2D eigenvalue weighted by molar-refractivity contribution is 5.85. The molecule has 1 aliphatic heterocycles. The molecule has 0 saturated carbocycles. The number of halogens is 1. The topological polar surface area (TPSA) is 80.5 Å². The molecular formula is C16H29ClN4O3. The Bertz CT molecular complexity index is 491. The van der Waals surface area contributed by atoms with Crippen LogP contribution in [0.2, 0.25) is 0 Å². The fourth-order valence-corrected chi connectivity index (χ4v) is 2.80. The molecule has 0 bridgehead atoms. The average molecular weight is 361 g/mol. The zero-order valence-corrected chi connectivity index (χ0v) is 15.6. The van der Waals surface area contributed by atoms with Crippen molar-refractivity contribution in [2.75, 3.05) is 26.7 Å². The second kappa shape index (κ2) is 10.6. The highest BCUT2D eigenvalue weighted by Gasteiger charge is 2.19. The summed E-state index contributed by atoms with van der Waals surface area (Å²) in [7, 11) is 1.78. The first-order chi connectivity index (χ1) is 11.1. The number of piperidine rings is 1. The smallest absolute Gasteiger partial charge is 0.246 e. The summed E-state index contributed by atoms with van der Waals surface area (Å²) in [6.45, 7) is 6.88. The summed E-state index contributed by atoms with van der Waals surface area (Å²) in [5.41, 5.74) is 0. The second-order valence-corrected chi connectivity index (χ2v) is 6.13. The van der Waals surface area contributed by atoms with E-state index in [0.717, 1.165) is 19.5 Å². The molecule has 1 atom stereocenters. The van der Waals surface area contributed by atoms with Gasteiger partial charge in [0.1, 0.15) is 6.10 Å². The van der Waals surface area contributed by atoms with Crippen LogP contribution in [-0.2, 0) is 16.1 Å². The maximum atomic E-state index is 12.2. The van der Waals surface area contributed by atoms with Crippen LogP contribution in [0, 0.1) is 5.92 Å². The van der Waals surface area contributed by atoms with Gasteiger partial charge < -0.3 is 19.5 Å². The summed E-state index contributed by atoms with van der Waals surface area (Å²) in [4.78, 5) is 18.2. The van der Waals surface area contributed by atoms with Crippen molar-refractivity contribution < 1.29 is 14.1 Å². The SMILES string of the molecule is CCOC(C)c1noc(CN(C)C(=O)CCC2CCNCC2)n1.Cl. The van der Waals surface area contributed by atoms with Gasteiger partial charge in [0.15, 0.2) is 5.82 Å². The molecule has 0 aromatic carbocycles. The lowest BCUT2D eigenvalue weighted by Crippen LogP contribution is -2.30. The molecule has 2 rings (SSSR count). The van der Waals surface area contributed by atoms with E-state index in [2.05, 4.69) is 15.5 Å². The number of hydrogen-bond acceptors (Lipinski definition) is 6. The standard InChI is InChI=1S/C16H28N4O3.ClH/c1-4-22-12(2)16-18-14(23-19-16)11-20(3)15(21)6-5-13-7-9-17-10-8-13;/h12-13,17H,4-11H2,1-3H3;1H. The number of carbonyl (C=O) groups excluding carboxylic acids is 1. The van der Waals surface area contributed by atoms with Gasteiger partial charge in [-0.1, -0.05) is 5.16 Å². The molecule has 7 nitrogen and oxygen atoms in total. The van der Waals surface area contributed by atoms with Crippen molar-refractivity contribution in [3.8, 4) is 0 Å². The predicted octanol–water partition coefficient (Wildman–Crippen LogP) is 2.33. The van der Waals surface area contributed by atoms with Gasteiger partial charge in [0, 0.05) is 20.1 Å². The summed E-state index contributed by atoms with van der Waals surface area (Å²) in [5.74, 6) is 1.76. The lowest BCUT2D eigenvalue weighted by atomic mass is 9.93. The van der Waals surface area contributed by atoms with Crippen molar-refractivity contribution in [3.05, 3.63) is 11.7 Å². The van der Waals surface area contributed by atoms with Gasteiger partial charge in [-0.25, -0.2) is 0 Å². The molecule has 8 heteroatoms. The Morgan fingerprint density at radius 1 is 1.46 bits per heavy atom. The van der Waals surface area contributed by atoms with Crippen molar-refractivity contribution in [2.24, 2.45) is 5.92 Å². The number of amides is 1. The second-order valence-electron chi connectivity index (χ2n) is 6.13. The van der Waals surface area contributed by atoms with Crippen molar-refractivity contribution in [1.82, 2.24) is 20.4 Å². The van der Waals surface area contributed by atoms with Gasteiger partial charge in [0.25, 0.3) is 0 Å². The van der Waals surface area contributed by atoms with E-state index in [1.54, 1.807) is 11.9 Å². The molecule has 138 valence electrons. The Kier molecular flexibility index (Phi) is 9.25. The van der Waals surface area contributed by atoms with Gasteiger partial charge in [-0.05, 0) is 52.1 Å². The summed E-state index contributed by atoms with van der Waals surface area (Å²) in [5, 5.41) is 7.26. The van der Waals surface area contributed by atoms with Crippen LogP contribution >= 0.6 is 12.4 Å². The third kappa shape index (κ3) is 6.37. The zero-order chi connectivity index (χ0) is 16.7. The van der Waals surface area contributed by atoms with Gasteiger partial charge in [-0.3, -0.25) is 4.79 Å². The molecule has 24 heavy (non-hydrogen) atoms. The number of carbonyl (C=O) groups is 1. The van der Waals surface area contributed by atoms with E-state index in [9.17, 15) is 4.79 Å². The van der Waals surface area contributed by atoms with Crippen LogP contribution in [-0.4, -0.2) is 47.7 Å². The number of aromatic nitrogens is 2. The lowest BCUT2D eigenvalue weighted by Gasteiger charge is -2.23. The minimum atomic E-state index is -0.196.